The van der Waals surface area contributed by atoms with Crippen LogP contribution in [0.4, 0.5) is 0 Å². The van der Waals surface area contributed by atoms with E-state index in [4.69, 9.17) is 0 Å². The molecule has 0 bridgehead atoms. The van der Waals surface area contributed by atoms with Gasteiger partial charge in [-0.25, -0.2) is 0 Å². The average Bonchev–Trinajstić information content (AvgIpc) is 2.41. The summed E-state index contributed by atoms with van der Waals surface area (Å²) in [4.78, 5) is 0. The maximum Gasteiger partial charge on any atom is 0.0947 e. The van der Waals surface area contributed by atoms with Crippen molar-refractivity contribution in [2.75, 3.05) is 0 Å². The van der Waals surface area contributed by atoms with E-state index in [-0.39, 0.29) is 5.41 Å². The Morgan fingerprint density at radius 1 is 1.00 bits per heavy atom. The highest BCUT2D eigenvalue weighted by molar-refractivity contribution is 5.34. The summed E-state index contributed by atoms with van der Waals surface area (Å²) in [6.07, 6.45) is 3.12. The molecule has 16 heavy (non-hydrogen) atoms. The maximum atomic E-state index is 10.9. The van der Waals surface area contributed by atoms with E-state index in [2.05, 4.69) is 45.9 Å². The Balaban J connectivity index is 2.50. The molecule has 0 heterocycles. The van der Waals surface area contributed by atoms with Crippen molar-refractivity contribution in [3.05, 3.63) is 34.9 Å². The van der Waals surface area contributed by atoms with Gasteiger partial charge in [0, 0.05) is 0 Å². The van der Waals surface area contributed by atoms with Gasteiger partial charge in [-0.05, 0) is 44.1 Å². The Morgan fingerprint density at radius 2 is 1.56 bits per heavy atom. The van der Waals surface area contributed by atoms with E-state index in [1.54, 1.807) is 0 Å². The Hall–Kier alpha value is -0.820. The molecule has 88 valence electrons. The zero-order valence-corrected chi connectivity index (χ0v) is 10.8. The van der Waals surface area contributed by atoms with Gasteiger partial charge in [0.15, 0.2) is 0 Å². The summed E-state index contributed by atoms with van der Waals surface area (Å²) >= 11 is 0. The first-order chi connectivity index (χ1) is 7.35. The van der Waals surface area contributed by atoms with Crippen LogP contribution in [0.5, 0.6) is 0 Å². The smallest absolute Gasteiger partial charge is 0.0947 e. The lowest BCUT2D eigenvalue weighted by Gasteiger charge is -2.37. The second kappa shape index (κ2) is 3.59. The molecule has 1 heteroatoms. The number of hydrogen-bond donors (Lipinski definition) is 1. The predicted molar refractivity (Wildman–Crippen MR) is 67.4 cm³/mol. The van der Waals surface area contributed by atoms with Gasteiger partial charge in [0.25, 0.3) is 0 Å². The maximum absolute atomic E-state index is 10.9. The second-order valence-electron chi connectivity index (χ2n) is 5.97. The molecule has 0 aromatic heterocycles. The van der Waals surface area contributed by atoms with Gasteiger partial charge in [0.2, 0.25) is 0 Å². The fourth-order valence-electron chi connectivity index (χ4n) is 3.08. The average molecular weight is 218 g/mol. The van der Waals surface area contributed by atoms with Crippen LogP contribution in [0.15, 0.2) is 18.2 Å². The summed E-state index contributed by atoms with van der Waals surface area (Å²) in [5.41, 5.74) is 2.95. The Bertz CT molecular complexity index is 386. The number of aryl methyl sites for hydroxylation is 2. The lowest BCUT2D eigenvalue weighted by atomic mass is 9.73. The van der Waals surface area contributed by atoms with Crippen LogP contribution in [-0.4, -0.2) is 5.11 Å². The van der Waals surface area contributed by atoms with Gasteiger partial charge in [0.1, 0.15) is 0 Å². The highest BCUT2D eigenvalue weighted by Gasteiger charge is 2.48. The van der Waals surface area contributed by atoms with Crippen LogP contribution in [-0.2, 0) is 5.60 Å². The predicted octanol–water partition coefficient (Wildman–Crippen LogP) is 3.70. The molecule has 0 amide bonds. The van der Waals surface area contributed by atoms with E-state index >= 15 is 0 Å². The molecule has 1 atom stereocenters. The van der Waals surface area contributed by atoms with Gasteiger partial charge in [-0.3, -0.25) is 0 Å². The monoisotopic (exact) mass is 218 g/mol. The van der Waals surface area contributed by atoms with Gasteiger partial charge in [-0.2, -0.15) is 0 Å². The van der Waals surface area contributed by atoms with Crippen molar-refractivity contribution in [1.82, 2.24) is 0 Å². The van der Waals surface area contributed by atoms with Crippen LogP contribution in [0.25, 0.3) is 0 Å². The second-order valence-corrected chi connectivity index (χ2v) is 5.97. The molecular weight excluding hydrogens is 196 g/mol. The fraction of sp³-hybridized carbons (Fsp3) is 0.600. The molecule has 1 nitrogen and oxygen atoms in total. The summed E-state index contributed by atoms with van der Waals surface area (Å²) < 4.78 is 0. The third kappa shape index (κ3) is 1.67. The molecule has 1 aliphatic rings. The number of benzene rings is 1. The van der Waals surface area contributed by atoms with Crippen molar-refractivity contribution < 1.29 is 5.11 Å². The molecule has 1 saturated carbocycles. The Morgan fingerprint density at radius 3 is 2.00 bits per heavy atom. The van der Waals surface area contributed by atoms with Crippen molar-refractivity contribution in [3.63, 3.8) is 0 Å². The highest BCUT2D eigenvalue weighted by Crippen LogP contribution is 2.52. The normalized spacial score (nSPS) is 28.3. The molecule has 1 unspecified atom stereocenters. The Kier molecular flexibility index (Phi) is 2.62. The minimum Gasteiger partial charge on any atom is -0.385 e. The third-order valence-corrected chi connectivity index (χ3v) is 4.16. The zero-order chi connectivity index (χ0) is 12.0. The van der Waals surface area contributed by atoms with Crippen LogP contribution < -0.4 is 0 Å². The lowest BCUT2D eigenvalue weighted by molar-refractivity contribution is -0.0485. The van der Waals surface area contributed by atoms with Crippen molar-refractivity contribution in [2.45, 2.75) is 52.6 Å². The molecule has 0 radical (unpaired) electrons. The summed E-state index contributed by atoms with van der Waals surface area (Å²) in [5.74, 6) is 0. The minimum absolute atomic E-state index is 0.00671. The molecule has 1 N–H and O–H groups in total. The van der Waals surface area contributed by atoms with Crippen molar-refractivity contribution in [2.24, 2.45) is 5.41 Å². The molecule has 1 aromatic rings. The van der Waals surface area contributed by atoms with E-state index in [0.717, 1.165) is 24.8 Å². The van der Waals surface area contributed by atoms with Gasteiger partial charge in [0.05, 0.1) is 5.60 Å². The SMILES string of the molecule is Cc1cc(C)cc(C2(O)CCCC2(C)C)c1. The van der Waals surface area contributed by atoms with Gasteiger partial charge in [-0.1, -0.05) is 43.2 Å². The van der Waals surface area contributed by atoms with E-state index in [1.165, 1.54) is 11.1 Å². The zero-order valence-electron chi connectivity index (χ0n) is 10.8. The van der Waals surface area contributed by atoms with Crippen molar-refractivity contribution in [3.8, 4) is 0 Å². The largest absolute Gasteiger partial charge is 0.385 e. The first-order valence-electron chi connectivity index (χ1n) is 6.16. The summed E-state index contributed by atoms with van der Waals surface area (Å²) in [6, 6.07) is 6.44. The highest BCUT2D eigenvalue weighted by atomic mass is 16.3. The first-order valence-corrected chi connectivity index (χ1v) is 6.16. The summed E-state index contributed by atoms with van der Waals surface area (Å²) in [6.45, 7) is 8.55. The Labute approximate surface area is 98.5 Å². The molecule has 0 spiro atoms. The lowest BCUT2D eigenvalue weighted by Crippen LogP contribution is -2.37. The molecule has 0 aliphatic heterocycles. The van der Waals surface area contributed by atoms with Gasteiger partial charge >= 0.3 is 0 Å². The van der Waals surface area contributed by atoms with E-state index in [0.29, 0.717) is 0 Å². The van der Waals surface area contributed by atoms with Crippen molar-refractivity contribution >= 4 is 0 Å². The van der Waals surface area contributed by atoms with Crippen LogP contribution in [0.1, 0.15) is 49.8 Å². The van der Waals surface area contributed by atoms with E-state index < -0.39 is 5.60 Å². The fourth-order valence-corrected chi connectivity index (χ4v) is 3.08. The molecule has 1 aromatic carbocycles. The number of aliphatic hydroxyl groups is 1. The number of hydrogen-bond acceptors (Lipinski definition) is 1. The first kappa shape index (κ1) is 11.7. The molecule has 0 saturated heterocycles. The molecule has 1 fully saturated rings. The van der Waals surface area contributed by atoms with E-state index in [1.807, 2.05) is 0 Å². The number of rotatable bonds is 1. The van der Waals surface area contributed by atoms with Crippen molar-refractivity contribution in [1.29, 1.82) is 0 Å². The third-order valence-electron chi connectivity index (χ3n) is 4.16. The van der Waals surface area contributed by atoms with E-state index in [9.17, 15) is 5.11 Å². The summed E-state index contributed by atoms with van der Waals surface area (Å²) in [5, 5.41) is 10.9. The summed E-state index contributed by atoms with van der Waals surface area (Å²) in [7, 11) is 0. The van der Waals surface area contributed by atoms with Crippen LogP contribution in [0, 0.1) is 19.3 Å². The molecule has 2 rings (SSSR count). The minimum atomic E-state index is -0.635. The molecular formula is C15H22O. The topological polar surface area (TPSA) is 20.2 Å². The van der Waals surface area contributed by atoms with Gasteiger partial charge < -0.3 is 5.11 Å². The van der Waals surface area contributed by atoms with Crippen LogP contribution in [0.3, 0.4) is 0 Å². The quantitative estimate of drug-likeness (QED) is 0.762. The molecule has 1 aliphatic carbocycles. The van der Waals surface area contributed by atoms with Crippen LogP contribution in [0.2, 0.25) is 0 Å². The van der Waals surface area contributed by atoms with Gasteiger partial charge in [-0.15, -0.1) is 0 Å². The standard InChI is InChI=1S/C15H22O/c1-11-8-12(2)10-13(9-11)15(16)7-5-6-14(15,3)4/h8-10,16H,5-7H2,1-4H3. The van der Waals surface area contributed by atoms with Crippen LogP contribution >= 0.6 is 0 Å².